The summed E-state index contributed by atoms with van der Waals surface area (Å²) >= 11 is 0. The normalized spacial score (nSPS) is 10.9. The van der Waals surface area contributed by atoms with Gasteiger partial charge in [-0.2, -0.15) is 4.98 Å². The minimum absolute atomic E-state index is 0.0364. The van der Waals surface area contributed by atoms with Crippen molar-refractivity contribution in [3.05, 3.63) is 65.7 Å². The quantitative estimate of drug-likeness (QED) is 0.538. The van der Waals surface area contributed by atoms with E-state index >= 15 is 0 Å². The van der Waals surface area contributed by atoms with Gasteiger partial charge in [-0.3, -0.25) is 4.79 Å². The molecule has 7 nitrogen and oxygen atoms in total. The molecule has 2 aromatic carbocycles. The lowest BCUT2D eigenvalue weighted by Gasteiger charge is -2.04. The zero-order chi connectivity index (χ0) is 19.5. The minimum Gasteiger partial charge on any atom is -0.497 e. The number of nitrogens with zero attached hydrogens (tertiary/aromatic N) is 2. The highest BCUT2D eigenvalue weighted by Gasteiger charge is 2.13. The molecule has 4 rings (SSSR count). The molecule has 0 saturated carbocycles. The SMILES string of the molecule is COc1ccc(-c2noc(CC(=O)NCc3ccc4[nH]c(C)cc4c3)n2)cc1. The maximum atomic E-state index is 12.2. The van der Waals surface area contributed by atoms with Crippen LogP contribution in [-0.2, 0) is 17.8 Å². The maximum Gasteiger partial charge on any atom is 0.236 e. The summed E-state index contributed by atoms with van der Waals surface area (Å²) in [6.07, 6.45) is 0.0364. The molecule has 0 atom stereocenters. The van der Waals surface area contributed by atoms with E-state index < -0.39 is 0 Å². The predicted molar refractivity (Wildman–Crippen MR) is 105 cm³/mol. The molecular formula is C21H20N4O3. The molecule has 0 unspecified atom stereocenters. The van der Waals surface area contributed by atoms with Crippen LogP contribution in [0.25, 0.3) is 22.3 Å². The monoisotopic (exact) mass is 376 g/mol. The van der Waals surface area contributed by atoms with E-state index in [0.29, 0.717) is 12.4 Å². The fourth-order valence-electron chi connectivity index (χ4n) is 3.02. The molecule has 0 saturated heterocycles. The Morgan fingerprint density at radius 3 is 2.79 bits per heavy atom. The van der Waals surface area contributed by atoms with E-state index in [1.165, 1.54) is 0 Å². The van der Waals surface area contributed by atoms with E-state index in [-0.39, 0.29) is 18.2 Å². The van der Waals surface area contributed by atoms with Crippen molar-refractivity contribution in [3.63, 3.8) is 0 Å². The number of fused-ring (bicyclic) bond motifs is 1. The third-order valence-corrected chi connectivity index (χ3v) is 4.44. The molecule has 4 aromatic rings. The Bertz CT molecular complexity index is 1110. The van der Waals surface area contributed by atoms with Crippen molar-refractivity contribution < 1.29 is 14.1 Å². The molecule has 2 N–H and O–H groups in total. The zero-order valence-corrected chi connectivity index (χ0v) is 15.7. The largest absolute Gasteiger partial charge is 0.497 e. The van der Waals surface area contributed by atoms with Crippen LogP contribution in [0.4, 0.5) is 0 Å². The van der Waals surface area contributed by atoms with Crippen molar-refractivity contribution in [2.24, 2.45) is 0 Å². The number of rotatable bonds is 6. The molecule has 0 fully saturated rings. The number of nitrogens with one attached hydrogen (secondary N) is 2. The number of amides is 1. The summed E-state index contributed by atoms with van der Waals surface area (Å²) in [7, 11) is 1.61. The standard InChI is InChI=1S/C21H20N4O3/c1-13-9-16-10-14(3-8-18(16)23-13)12-22-19(26)11-20-24-21(25-28-20)15-4-6-17(27-2)7-5-15/h3-10,23H,11-12H2,1-2H3,(H,22,26). The van der Waals surface area contributed by atoms with E-state index in [1.54, 1.807) is 7.11 Å². The van der Waals surface area contributed by atoms with Gasteiger partial charge >= 0.3 is 0 Å². The van der Waals surface area contributed by atoms with Gasteiger partial charge in [0.05, 0.1) is 7.11 Å². The van der Waals surface area contributed by atoms with Gasteiger partial charge in [0.2, 0.25) is 17.6 Å². The summed E-state index contributed by atoms with van der Waals surface area (Å²) in [5.74, 6) is 1.30. The van der Waals surface area contributed by atoms with Crippen molar-refractivity contribution in [2.75, 3.05) is 7.11 Å². The van der Waals surface area contributed by atoms with E-state index in [0.717, 1.165) is 33.5 Å². The highest BCUT2D eigenvalue weighted by molar-refractivity contribution is 5.81. The van der Waals surface area contributed by atoms with Crippen LogP contribution < -0.4 is 10.1 Å². The van der Waals surface area contributed by atoms with E-state index in [9.17, 15) is 4.79 Å². The molecule has 2 aromatic heterocycles. The van der Waals surface area contributed by atoms with Gasteiger partial charge in [-0.1, -0.05) is 11.2 Å². The lowest BCUT2D eigenvalue weighted by atomic mass is 10.1. The number of benzene rings is 2. The lowest BCUT2D eigenvalue weighted by molar-refractivity contribution is -0.120. The fraction of sp³-hybridized carbons (Fsp3) is 0.190. The first-order chi connectivity index (χ1) is 13.6. The van der Waals surface area contributed by atoms with Gasteiger partial charge in [0, 0.05) is 23.3 Å². The molecule has 0 aliphatic carbocycles. The van der Waals surface area contributed by atoms with Crippen LogP contribution in [0, 0.1) is 6.92 Å². The topological polar surface area (TPSA) is 93.0 Å². The average molecular weight is 376 g/mol. The Labute approximate surface area is 161 Å². The van der Waals surface area contributed by atoms with Crippen molar-refractivity contribution >= 4 is 16.8 Å². The molecule has 142 valence electrons. The second-order valence-corrected chi connectivity index (χ2v) is 6.57. The summed E-state index contributed by atoms with van der Waals surface area (Å²) in [5.41, 5.74) is 4.03. The Balaban J connectivity index is 1.36. The first-order valence-electron chi connectivity index (χ1n) is 8.92. The summed E-state index contributed by atoms with van der Waals surface area (Å²) < 4.78 is 10.3. The summed E-state index contributed by atoms with van der Waals surface area (Å²) in [6, 6.07) is 15.5. The number of aromatic amines is 1. The van der Waals surface area contributed by atoms with E-state index in [1.807, 2.05) is 43.3 Å². The van der Waals surface area contributed by atoms with Crippen LogP contribution in [0.3, 0.4) is 0 Å². The summed E-state index contributed by atoms with van der Waals surface area (Å²) in [4.78, 5) is 19.8. The van der Waals surface area contributed by atoms with Gasteiger partial charge in [0.25, 0.3) is 0 Å². The Kier molecular flexibility index (Phi) is 4.80. The number of hydrogen-bond donors (Lipinski definition) is 2. The average Bonchev–Trinajstić information content (AvgIpc) is 3.31. The number of H-pyrrole nitrogens is 1. The molecule has 0 spiro atoms. The lowest BCUT2D eigenvalue weighted by Crippen LogP contribution is -2.24. The van der Waals surface area contributed by atoms with Gasteiger partial charge in [-0.25, -0.2) is 0 Å². The van der Waals surface area contributed by atoms with Crippen LogP contribution in [0.1, 0.15) is 17.1 Å². The first kappa shape index (κ1) is 17.8. The van der Waals surface area contributed by atoms with E-state index in [2.05, 4.69) is 32.6 Å². The molecule has 0 aliphatic rings. The van der Waals surface area contributed by atoms with Gasteiger partial charge in [-0.05, 0) is 60.3 Å². The number of carbonyl (C=O) groups excluding carboxylic acids is 1. The van der Waals surface area contributed by atoms with Crippen molar-refractivity contribution in [3.8, 4) is 17.1 Å². The van der Waals surface area contributed by atoms with Crippen molar-refractivity contribution in [1.82, 2.24) is 20.4 Å². The molecule has 1 amide bonds. The second kappa shape index (κ2) is 7.56. The highest BCUT2D eigenvalue weighted by atomic mass is 16.5. The smallest absolute Gasteiger partial charge is 0.236 e. The van der Waals surface area contributed by atoms with Crippen LogP contribution in [-0.4, -0.2) is 28.1 Å². The van der Waals surface area contributed by atoms with Crippen LogP contribution in [0.15, 0.2) is 53.1 Å². The van der Waals surface area contributed by atoms with Gasteiger partial charge in [0.15, 0.2) is 0 Å². The third-order valence-electron chi connectivity index (χ3n) is 4.44. The van der Waals surface area contributed by atoms with Gasteiger partial charge < -0.3 is 19.6 Å². The molecule has 0 bridgehead atoms. The van der Waals surface area contributed by atoms with Crippen LogP contribution in [0.5, 0.6) is 5.75 Å². The number of aryl methyl sites for hydroxylation is 1. The van der Waals surface area contributed by atoms with Crippen LogP contribution >= 0.6 is 0 Å². The van der Waals surface area contributed by atoms with Crippen molar-refractivity contribution in [2.45, 2.75) is 19.9 Å². The Morgan fingerprint density at radius 1 is 1.18 bits per heavy atom. The predicted octanol–water partition coefficient (Wildman–Crippen LogP) is 3.39. The van der Waals surface area contributed by atoms with E-state index in [4.69, 9.17) is 9.26 Å². The number of methoxy groups -OCH3 is 1. The maximum absolute atomic E-state index is 12.2. The molecular weight excluding hydrogens is 356 g/mol. The minimum atomic E-state index is -0.171. The summed E-state index contributed by atoms with van der Waals surface area (Å²) in [6.45, 7) is 2.46. The Hall–Kier alpha value is -3.61. The molecule has 0 aliphatic heterocycles. The zero-order valence-electron chi connectivity index (χ0n) is 15.7. The molecule has 7 heteroatoms. The highest BCUT2D eigenvalue weighted by Crippen LogP contribution is 2.20. The molecule has 28 heavy (non-hydrogen) atoms. The van der Waals surface area contributed by atoms with Gasteiger partial charge in [-0.15, -0.1) is 0 Å². The number of hydrogen-bond acceptors (Lipinski definition) is 5. The number of aromatic nitrogens is 3. The second-order valence-electron chi connectivity index (χ2n) is 6.57. The Morgan fingerprint density at radius 2 is 2.00 bits per heavy atom. The fourth-order valence-corrected chi connectivity index (χ4v) is 3.02. The van der Waals surface area contributed by atoms with Gasteiger partial charge in [0.1, 0.15) is 12.2 Å². The molecule has 0 radical (unpaired) electrons. The first-order valence-corrected chi connectivity index (χ1v) is 8.92. The summed E-state index contributed by atoms with van der Waals surface area (Å²) in [5, 5.41) is 7.96. The number of ether oxygens (including phenoxy) is 1. The van der Waals surface area contributed by atoms with Crippen LogP contribution in [0.2, 0.25) is 0 Å². The molecule has 2 heterocycles. The third kappa shape index (κ3) is 3.88. The van der Waals surface area contributed by atoms with Crippen molar-refractivity contribution in [1.29, 1.82) is 0 Å². The number of carbonyl (C=O) groups is 1.